The van der Waals surface area contributed by atoms with Crippen molar-refractivity contribution in [3.63, 3.8) is 0 Å². The first-order chi connectivity index (χ1) is 10.3. The topological polar surface area (TPSA) is 72.0 Å². The number of benzene rings is 1. The number of phenolic OH excluding ortho intramolecular Hbond substituents is 1. The van der Waals surface area contributed by atoms with Crippen molar-refractivity contribution in [1.82, 2.24) is 15.2 Å². The predicted molar refractivity (Wildman–Crippen MR) is 87.8 cm³/mol. The molecule has 2 aromatic heterocycles. The number of nitrogens with zero attached hydrogens (tertiary/aromatic N) is 3. The number of aryl methyl sites for hydroxylation is 1. The molecular formula is C16H16BrN3O2. The van der Waals surface area contributed by atoms with Crippen molar-refractivity contribution in [1.29, 1.82) is 0 Å². The molecule has 6 heteroatoms. The summed E-state index contributed by atoms with van der Waals surface area (Å²) in [6.45, 7) is 8.25. The molecule has 3 rings (SSSR count). The van der Waals surface area contributed by atoms with Crippen molar-refractivity contribution < 1.29 is 9.52 Å². The van der Waals surface area contributed by atoms with Gasteiger partial charge in [0, 0.05) is 21.3 Å². The van der Waals surface area contributed by atoms with Crippen molar-refractivity contribution in [3.8, 4) is 17.3 Å². The molecular weight excluding hydrogens is 346 g/mol. The molecule has 2 heterocycles. The Morgan fingerprint density at radius 1 is 1.14 bits per heavy atom. The Bertz CT molecular complexity index is 866. The summed E-state index contributed by atoms with van der Waals surface area (Å²) < 4.78 is 5.41. The smallest absolute Gasteiger partial charge is 0.285 e. The molecule has 0 aliphatic heterocycles. The van der Waals surface area contributed by atoms with E-state index >= 15 is 0 Å². The van der Waals surface area contributed by atoms with Crippen LogP contribution in [0.1, 0.15) is 31.9 Å². The van der Waals surface area contributed by atoms with Gasteiger partial charge in [0.1, 0.15) is 11.4 Å². The predicted octanol–water partition coefficient (Wildman–Crippen LogP) is 4.36. The summed E-state index contributed by atoms with van der Waals surface area (Å²) in [5.41, 5.74) is 3.29. The van der Waals surface area contributed by atoms with Gasteiger partial charge in [-0.15, -0.1) is 10.2 Å². The Labute approximate surface area is 136 Å². The highest BCUT2D eigenvalue weighted by Crippen LogP contribution is 2.35. The largest absolute Gasteiger partial charge is 0.508 e. The highest BCUT2D eigenvalue weighted by atomic mass is 79.9. The van der Waals surface area contributed by atoms with Gasteiger partial charge in [0.05, 0.1) is 5.52 Å². The van der Waals surface area contributed by atoms with Gasteiger partial charge in [0.2, 0.25) is 0 Å². The number of aromatic nitrogens is 3. The van der Waals surface area contributed by atoms with Gasteiger partial charge in [-0.1, -0.05) is 20.8 Å². The standard InChI is InChI=1S/C16H16BrN3O2/c1-8-5-12(14-19-20-15(17)22-14)18-13-10(8)6-9(21)7-11(13)16(2,3)4/h5-7,21H,1-4H3. The highest BCUT2D eigenvalue weighted by molar-refractivity contribution is 9.10. The van der Waals surface area contributed by atoms with Gasteiger partial charge in [-0.25, -0.2) is 4.98 Å². The third-order valence-corrected chi connectivity index (χ3v) is 3.85. The number of rotatable bonds is 1. The third-order valence-electron chi connectivity index (χ3n) is 3.53. The monoisotopic (exact) mass is 361 g/mol. The van der Waals surface area contributed by atoms with E-state index in [4.69, 9.17) is 9.40 Å². The molecule has 0 spiro atoms. The fourth-order valence-corrected chi connectivity index (χ4v) is 2.70. The average Bonchev–Trinajstić information content (AvgIpc) is 2.84. The highest BCUT2D eigenvalue weighted by Gasteiger charge is 2.21. The van der Waals surface area contributed by atoms with Crippen molar-refractivity contribution in [2.75, 3.05) is 0 Å². The summed E-state index contributed by atoms with van der Waals surface area (Å²) in [5.74, 6) is 0.611. The number of fused-ring (bicyclic) bond motifs is 1. The van der Waals surface area contributed by atoms with Crippen LogP contribution in [-0.4, -0.2) is 20.3 Å². The van der Waals surface area contributed by atoms with Gasteiger partial charge in [-0.05, 0) is 41.7 Å². The summed E-state index contributed by atoms with van der Waals surface area (Å²) in [6, 6.07) is 5.39. The van der Waals surface area contributed by atoms with Crippen LogP contribution in [-0.2, 0) is 5.41 Å². The van der Waals surface area contributed by atoms with Gasteiger partial charge < -0.3 is 9.52 Å². The van der Waals surface area contributed by atoms with Crippen molar-refractivity contribution in [3.05, 3.63) is 34.1 Å². The fourth-order valence-electron chi connectivity index (χ4n) is 2.47. The van der Waals surface area contributed by atoms with E-state index in [1.807, 2.05) is 13.0 Å². The number of phenols is 1. The van der Waals surface area contributed by atoms with Crippen LogP contribution >= 0.6 is 15.9 Å². The lowest BCUT2D eigenvalue weighted by atomic mass is 9.84. The second kappa shape index (κ2) is 5.05. The van der Waals surface area contributed by atoms with E-state index in [1.165, 1.54) is 0 Å². The first-order valence-corrected chi connectivity index (χ1v) is 7.69. The van der Waals surface area contributed by atoms with E-state index in [0.29, 0.717) is 16.4 Å². The van der Waals surface area contributed by atoms with Gasteiger partial charge in [-0.2, -0.15) is 0 Å². The Morgan fingerprint density at radius 3 is 2.45 bits per heavy atom. The van der Waals surface area contributed by atoms with Crippen LogP contribution in [0.15, 0.2) is 27.4 Å². The average molecular weight is 362 g/mol. The fraction of sp³-hybridized carbons (Fsp3) is 0.312. The maximum absolute atomic E-state index is 10.0. The van der Waals surface area contributed by atoms with Gasteiger partial charge >= 0.3 is 0 Å². The normalized spacial score (nSPS) is 12.0. The van der Waals surface area contributed by atoms with Crippen LogP contribution in [0.4, 0.5) is 0 Å². The second-order valence-corrected chi connectivity index (χ2v) is 7.00. The lowest BCUT2D eigenvalue weighted by Crippen LogP contribution is -2.12. The maximum Gasteiger partial charge on any atom is 0.285 e. The molecule has 5 nitrogen and oxygen atoms in total. The lowest BCUT2D eigenvalue weighted by Gasteiger charge is -2.21. The molecule has 0 fully saturated rings. The van der Waals surface area contributed by atoms with Crippen LogP contribution in [0.5, 0.6) is 5.75 Å². The Kier molecular flexibility index (Phi) is 3.44. The lowest BCUT2D eigenvalue weighted by molar-refractivity contribution is 0.472. The van der Waals surface area contributed by atoms with Gasteiger partial charge in [0.25, 0.3) is 10.7 Å². The summed E-state index contributed by atoms with van der Waals surface area (Å²) in [4.78, 5) is 5.02. The van der Waals surface area contributed by atoms with Crippen LogP contribution < -0.4 is 0 Å². The zero-order chi connectivity index (χ0) is 16.1. The van der Waals surface area contributed by atoms with E-state index in [9.17, 15) is 5.11 Å². The summed E-state index contributed by atoms with van der Waals surface area (Å²) in [7, 11) is 0. The summed E-state index contributed by atoms with van der Waals surface area (Å²) in [5, 5.41) is 18.7. The van der Waals surface area contributed by atoms with E-state index in [0.717, 1.165) is 22.0 Å². The minimum atomic E-state index is -0.148. The van der Waals surface area contributed by atoms with Crippen LogP contribution in [0.2, 0.25) is 0 Å². The zero-order valence-electron chi connectivity index (χ0n) is 12.8. The van der Waals surface area contributed by atoms with Crippen molar-refractivity contribution in [2.24, 2.45) is 0 Å². The molecule has 0 saturated carbocycles. The van der Waals surface area contributed by atoms with E-state index in [1.54, 1.807) is 12.1 Å². The first-order valence-electron chi connectivity index (χ1n) is 6.90. The molecule has 0 amide bonds. The quantitative estimate of drug-likeness (QED) is 0.696. The minimum absolute atomic E-state index is 0.148. The van der Waals surface area contributed by atoms with Crippen LogP contribution in [0.3, 0.4) is 0 Å². The van der Waals surface area contributed by atoms with E-state index in [2.05, 4.69) is 46.9 Å². The molecule has 22 heavy (non-hydrogen) atoms. The SMILES string of the molecule is Cc1cc(-c2nnc(Br)o2)nc2c(C(C)(C)C)cc(O)cc12. The Hall–Kier alpha value is -1.95. The van der Waals surface area contributed by atoms with E-state index < -0.39 is 0 Å². The first kappa shape index (κ1) is 15.0. The molecule has 0 bridgehead atoms. The molecule has 0 radical (unpaired) electrons. The van der Waals surface area contributed by atoms with E-state index in [-0.39, 0.29) is 11.2 Å². The molecule has 3 aromatic rings. The number of aromatic hydroxyl groups is 1. The molecule has 0 saturated heterocycles. The number of hydrogen-bond donors (Lipinski definition) is 1. The second-order valence-electron chi connectivity index (χ2n) is 6.32. The number of hydrogen-bond acceptors (Lipinski definition) is 5. The zero-order valence-corrected chi connectivity index (χ0v) is 14.4. The van der Waals surface area contributed by atoms with Crippen molar-refractivity contribution in [2.45, 2.75) is 33.1 Å². The molecule has 0 atom stereocenters. The molecule has 0 aliphatic rings. The van der Waals surface area contributed by atoms with Crippen LogP contribution in [0.25, 0.3) is 22.5 Å². The number of pyridine rings is 1. The summed E-state index contributed by atoms with van der Waals surface area (Å²) >= 11 is 3.15. The number of halogens is 1. The van der Waals surface area contributed by atoms with Gasteiger partial charge in [-0.3, -0.25) is 0 Å². The maximum atomic E-state index is 10.0. The molecule has 0 aliphatic carbocycles. The van der Waals surface area contributed by atoms with Crippen LogP contribution in [0, 0.1) is 6.92 Å². The van der Waals surface area contributed by atoms with Gasteiger partial charge in [0.15, 0.2) is 0 Å². The molecule has 0 unspecified atom stereocenters. The molecule has 1 N–H and O–H groups in total. The Morgan fingerprint density at radius 2 is 1.86 bits per heavy atom. The third kappa shape index (κ3) is 2.59. The molecule has 1 aromatic carbocycles. The minimum Gasteiger partial charge on any atom is -0.508 e. The summed E-state index contributed by atoms with van der Waals surface area (Å²) in [6.07, 6.45) is 0. The van der Waals surface area contributed by atoms with Crippen molar-refractivity contribution >= 4 is 26.8 Å². The Balaban J connectivity index is 2.35. The molecule has 114 valence electrons.